The van der Waals surface area contributed by atoms with Crippen molar-refractivity contribution in [2.24, 2.45) is 0 Å². The molecule has 0 radical (unpaired) electrons. The molecule has 0 unspecified atom stereocenters. The van der Waals surface area contributed by atoms with E-state index in [-0.39, 0.29) is 18.0 Å². The van der Waals surface area contributed by atoms with Gasteiger partial charge in [-0.1, -0.05) is 0 Å². The Labute approximate surface area is 162 Å². The highest BCUT2D eigenvalue weighted by Crippen LogP contribution is 2.35. The second-order valence-electron chi connectivity index (χ2n) is 6.40. The molecule has 148 valence electrons. The van der Waals surface area contributed by atoms with Crippen LogP contribution in [-0.2, 0) is 17.1 Å². The number of carbonyl (C=O) groups is 1. The minimum Gasteiger partial charge on any atom is -0.308 e. The Morgan fingerprint density at radius 1 is 1.17 bits per heavy atom. The highest BCUT2D eigenvalue weighted by atomic mass is 19.3. The van der Waals surface area contributed by atoms with Crippen LogP contribution < -0.4 is 5.32 Å². The lowest BCUT2D eigenvalue weighted by molar-refractivity contribution is -0.107. The van der Waals surface area contributed by atoms with Crippen molar-refractivity contribution in [2.45, 2.75) is 19.3 Å². The van der Waals surface area contributed by atoms with Gasteiger partial charge in [-0.05, 0) is 43.3 Å². The number of hydrogen-bond acceptors (Lipinski definition) is 5. The molecule has 3 aromatic heterocycles. The van der Waals surface area contributed by atoms with E-state index in [0.29, 0.717) is 17.8 Å². The Morgan fingerprint density at radius 2 is 1.93 bits per heavy atom. The number of aldehydes is 1. The standard InChI is InChI=1S/C19H15F3N6O/c1-11-10-15(27-26-11)23-18-25-17(19(21,22)12-2-4-13(20)5-3-12)24-16-7-6-14(8-9-29)28(16)18/h2-7,9-10H,8H2,1H3,(H2,23,24,25,26,27). The average molecular weight is 400 g/mol. The maximum atomic E-state index is 15.1. The molecule has 0 saturated heterocycles. The number of carbonyl (C=O) groups excluding carboxylic acids is 1. The fourth-order valence-electron chi connectivity index (χ4n) is 2.94. The smallest absolute Gasteiger partial charge is 0.308 e. The second kappa shape index (κ2) is 7.04. The van der Waals surface area contributed by atoms with Gasteiger partial charge in [-0.15, -0.1) is 0 Å². The van der Waals surface area contributed by atoms with Gasteiger partial charge >= 0.3 is 5.92 Å². The SMILES string of the molecule is Cc1cc(Nc2nc(C(F)(F)c3ccc(F)cc3)nc3ccc(CC=O)n23)n[nH]1. The number of aryl methyl sites for hydroxylation is 1. The summed E-state index contributed by atoms with van der Waals surface area (Å²) in [6, 6.07) is 8.69. The summed E-state index contributed by atoms with van der Waals surface area (Å²) in [5.41, 5.74) is 1.03. The van der Waals surface area contributed by atoms with Gasteiger partial charge in [0.2, 0.25) is 11.8 Å². The van der Waals surface area contributed by atoms with Crippen LogP contribution in [0.2, 0.25) is 0 Å². The largest absolute Gasteiger partial charge is 0.331 e. The number of fused-ring (bicyclic) bond motifs is 1. The third-order valence-electron chi connectivity index (χ3n) is 4.31. The molecule has 7 nitrogen and oxygen atoms in total. The van der Waals surface area contributed by atoms with Gasteiger partial charge in [-0.25, -0.2) is 9.37 Å². The highest BCUT2D eigenvalue weighted by molar-refractivity contribution is 5.60. The predicted octanol–water partition coefficient (Wildman–Crippen LogP) is 3.53. The summed E-state index contributed by atoms with van der Waals surface area (Å²) >= 11 is 0. The summed E-state index contributed by atoms with van der Waals surface area (Å²) in [5, 5.41) is 9.66. The Balaban J connectivity index is 1.87. The fraction of sp³-hybridized carbons (Fsp3) is 0.158. The van der Waals surface area contributed by atoms with Crippen molar-refractivity contribution in [1.29, 1.82) is 0 Å². The molecule has 0 aliphatic carbocycles. The predicted molar refractivity (Wildman–Crippen MR) is 98.8 cm³/mol. The Bertz CT molecular complexity index is 1180. The maximum absolute atomic E-state index is 15.1. The number of nitrogens with zero attached hydrogens (tertiary/aromatic N) is 4. The lowest BCUT2D eigenvalue weighted by atomic mass is 10.1. The normalized spacial score (nSPS) is 11.7. The maximum Gasteiger partial charge on any atom is 0.331 e. The Hall–Kier alpha value is -3.69. The molecule has 2 N–H and O–H groups in total. The molecule has 0 amide bonds. The number of benzene rings is 1. The van der Waals surface area contributed by atoms with Gasteiger partial charge in [0.15, 0.2) is 5.82 Å². The molecule has 10 heteroatoms. The summed E-state index contributed by atoms with van der Waals surface area (Å²) < 4.78 is 44.7. The summed E-state index contributed by atoms with van der Waals surface area (Å²) in [6.07, 6.45) is 0.755. The van der Waals surface area contributed by atoms with Gasteiger partial charge in [0, 0.05) is 29.4 Å². The van der Waals surface area contributed by atoms with Crippen LogP contribution in [0.1, 0.15) is 22.8 Å². The van der Waals surface area contributed by atoms with E-state index >= 15 is 8.78 Å². The molecule has 0 saturated carbocycles. The number of anilines is 2. The molecule has 0 aliphatic heterocycles. The van der Waals surface area contributed by atoms with Gasteiger partial charge < -0.3 is 10.1 Å². The van der Waals surface area contributed by atoms with Crippen LogP contribution in [0, 0.1) is 12.7 Å². The van der Waals surface area contributed by atoms with Gasteiger partial charge in [0.25, 0.3) is 0 Å². The summed E-state index contributed by atoms with van der Waals surface area (Å²) in [4.78, 5) is 19.0. The third kappa shape index (κ3) is 3.44. The zero-order valence-corrected chi connectivity index (χ0v) is 15.2. The molecular formula is C19H15F3N6O. The van der Waals surface area contributed by atoms with Crippen molar-refractivity contribution in [3.05, 3.63) is 71.1 Å². The van der Waals surface area contributed by atoms with Crippen LogP contribution in [0.25, 0.3) is 5.65 Å². The van der Waals surface area contributed by atoms with Crippen molar-refractivity contribution in [3.63, 3.8) is 0 Å². The fourth-order valence-corrected chi connectivity index (χ4v) is 2.94. The number of rotatable bonds is 6. The van der Waals surface area contributed by atoms with Crippen molar-refractivity contribution >= 4 is 23.7 Å². The van der Waals surface area contributed by atoms with E-state index in [1.54, 1.807) is 19.1 Å². The number of nitrogens with one attached hydrogen (secondary N) is 2. The van der Waals surface area contributed by atoms with E-state index < -0.39 is 23.1 Å². The number of aromatic nitrogens is 5. The first-order valence-electron chi connectivity index (χ1n) is 8.64. The number of alkyl halides is 2. The first kappa shape index (κ1) is 18.7. The minimum absolute atomic E-state index is 0.0279. The number of aromatic amines is 1. The monoisotopic (exact) mass is 400 g/mol. The Kier molecular flexibility index (Phi) is 4.53. The lowest BCUT2D eigenvalue weighted by Crippen LogP contribution is -2.21. The highest BCUT2D eigenvalue weighted by Gasteiger charge is 2.38. The number of hydrogen-bond donors (Lipinski definition) is 2. The topological polar surface area (TPSA) is 88.0 Å². The van der Waals surface area contributed by atoms with Crippen molar-refractivity contribution < 1.29 is 18.0 Å². The summed E-state index contributed by atoms with van der Waals surface area (Å²) in [6.45, 7) is 1.79. The van der Waals surface area contributed by atoms with E-state index in [1.165, 1.54) is 10.5 Å². The molecule has 4 rings (SSSR count). The van der Waals surface area contributed by atoms with Gasteiger partial charge in [0.05, 0.1) is 0 Å². The van der Waals surface area contributed by atoms with E-state index in [2.05, 4.69) is 25.5 Å². The van der Waals surface area contributed by atoms with Gasteiger partial charge in [0.1, 0.15) is 17.8 Å². The molecule has 29 heavy (non-hydrogen) atoms. The lowest BCUT2D eigenvalue weighted by Gasteiger charge is -2.17. The molecule has 0 fully saturated rings. The van der Waals surface area contributed by atoms with E-state index in [9.17, 15) is 9.18 Å². The van der Waals surface area contributed by atoms with Gasteiger partial charge in [-0.3, -0.25) is 9.50 Å². The first-order valence-corrected chi connectivity index (χ1v) is 8.64. The van der Waals surface area contributed by atoms with Crippen molar-refractivity contribution in [2.75, 3.05) is 5.32 Å². The van der Waals surface area contributed by atoms with Gasteiger partial charge in [-0.2, -0.15) is 18.9 Å². The van der Waals surface area contributed by atoms with E-state index in [1.807, 2.05) is 0 Å². The van der Waals surface area contributed by atoms with Crippen LogP contribution in [0.15, 0.2) is 42.5 Å². The molecule has 0 aliphatic rings. The summed E-state index contributed by atoms with van der Waals surface area (Å²) in [7, 11) is 0. The van der Waals surface area contributed by atoms with E-state index in [0.717, 1.165) is 30.0 Å². The zero-order chi connectivity index (χ0) is 20.6. The molecule has 3 heterocycles. The van der Waals surface area contributed by atoms with Crippen LogP contribution in [0.3, 0.4) is 0 Å². The number of halogens is 3. The quantitative estimate of drug-likeness (QED) is 0.484. The van der Waals surface area contributed by atoms with Crippen molar-refractivity contribution in [1.82, 2.24) is 24.6 Å². The molecule has 1 aromatic carbocycles. The molecule has 0 atom stereocenters. The molecule has 4 aromatic rings. The first-order chi connectivity index (χ1) is 13.9. The average Bonchev–Trinajstić information content (AvgIpc) is 3.28. The van der Waals surface area contributed by atoms with E-state index in [4.69, 9.17) is 0 Å². The third-order valence-corrected chi connectivity index (χ3v) is 4.31. The minimum atomic E-state index is -3.57. The van der Waals surface area contributed by atoms with Crippen LogP contribution in [-0.4, -0.2) is 30.9 Å². The zero-order valence-electron chi connectivity index (χ0n) is 15.2. The van der Waals surface area contributed by atoms with Crippen LogP contribution in [0.5, 0.6) is 0 Å². The summed E-state index contributed by atoms with van der Waals surface area (Å²) in [5.74, 6) is -4.56. The second-order valence-corrected chi connectivity index (χ2v) is 6.40. The Morgan fingerprint density at radius 3 is 2.59 bits per heavy atom. The molecule has 0 bridgehead atoms. The molecule has 0 spiro atoms. The number of H-pyrrole nitrogens is 1. The van der Waals surface area contributed by atoms with Crippen LogP contribution in [0.4, 0.5) is 24.9 Å². The molecular weight excluding hydrogens is 385 g/mol. The van der Waals surface area contributed by atoms with Crippen LogP contribution >= 0.6 is 0 Å². The van der Waals surface area contributed by atoms with Crippen molar-refractivity contribution in [3.8, 4) is 0 Å².